The number of hydrogen-bond acceptors (Lipinski definition) is 2. The summed E-state index contributed by atoms with van der Waals surface area (Å²) in [6.07, 6.45) is 6.65. The Morgan fingerprint density at radius 1 is 1.23 bits per heavy atom. The van der Waals surface area contributed by atoms with E-state index in [1.165, 1.54) is 24.1 Å². The van der Waals surface area contributed by atoms with Crippen molar-refractivity contribution in [2.75, 3.05) is 11.9 Å². The third-order valence-corrected chi connectivity index (χ3v) is 4.11. The van der Waals surface area contributed by atoms with E-state index in [4.69, 9.17) is 11.6 Å². The molecule has 0 unspecified atom stereocenters. The second kappa shape index (κ2) is 6.83. The molecule has 1 aliphatic rings. The number of halogens is 1. The summed E-state index contributed by atoms with van der Waals surface area (Å²) >= 11 is 5.81. The Bertz CT molecular complexity index is 651. The molecule has 1 aliphatic carbocycles. The van der Waals surface area contributed by atoms with Gasteiger partial charge in [0.2, 0.25) is 0 Å². The molecule has 1 aromatic heterocycles. The molecule has 2 aromatic rings. The van der Waals surface area contributed by atoms with Gasteiger partial charge in [0.1, 0.15) is 0 Å². The van der Waals surface area contributed by atoms with Gasteiger partial charge in [-0.25, -0.2) is 4.79 Å². The lowest BCUT2D eigenvalue weighted by Gasteiger charge is -2.14. The van der Waals surface area contributed by atoms with Crippen LogP contribution in [0.5, 0.6) is 0 Å². The zero-order valence-electron chi connectivity index (χ0n) is 12.3. The van der Waals surface area contributed by atoms with Gasteiger partial charge in [0.25, 0.3) is 0 Å². The number of anilines is 1. The zero-order chi connectivity index (χ0) is 15.4. The minimum Gasteiger partial charge on any atom is -0.336 e. The van der Waals surface area contributed by atoms with Crippen LogP contribution in [-0.2, 0) is 19.4 Å². The highest BCUT2D eigenvalue weighted by atomic mass is 35.5. The standard InChI is InChI=1S/C16H19ClN4O/c17-13-5-7-14(8-6-13)20-16(22)18-9-10-21-15-4-2-1-3-12(15)11-19-21/h5-8,11H,1-4,9-10H2,(H2,18,20,22). The highest BCUT2D eigenvalue weighted by Crippen LogP contribution is 2.20. The van der Waals surface area contributed by atoms with E-state index in [1.807, 2.05) is 10.9 Å². The quantitative estimate of drug-likeness (QED) is 0.909. The van der Waals surface area contributed by atoms with Gasteiger partial charge in [-0.05, 0) is 55.5 Å². The molecule has 0 fully saturated rings. The van der Waals surface area contributed by atoms with Crippen molar-refractivity contribution in [3.63, 3.8) is 0 Å². The lowest BCUT2D eigenvalue weighted by Crippen LogP contribution is -2.32. The molecule has 1 heterocycles. The van der Waals surface area contributed by atoms with Gasteiger partial charge in [-0.2, -0.15) is 5.10 Å². The van der Waals surface area contributed by atoms with Gasteiger partial charge >= 0.3 is 6.03 Å². The molecule has 0 aliphatic heterocycles. The van der Waals surface area contributed by atoms with E-state index in [1.54, 1.807) is 24.3 Å². The van der Waals surface area contributed by atoms with Crippen LogP contribution in [0, 0.1) is 0 Å². The van der Waals surface area contributed by atoms with Gasteiger partial charge in [-0.1, -0.05) is 11.6 Å². The maximum absolute atomic E-state index is 11.8. The van der Waals surface area contributed by atoms with Crippen LogP contribution in [-0.4, -0.2) is 22.4 Å². The molecule has 0 radical (unpaired) electrons. The molecule has 5 nitrogen and oxygen atoms in total. The van der Waals surface area contributed by atoms with Crippen LogP contribution in [0.25, 0.3) is 0 Å². The number of aryl methyl sites for hydroxylation is 1. The smallest absolute Gasteiger partial charge is 0.319 e. The van der Waals surface area contributed by atoms with E-state index in [-0.39, 0.29) is 6.03 Å². The SMILES string of the molecule is O=C(NCCn1ncc2c1CCCC2)Nc1ccc(Cl)cc1. The first-order valence-corrected chi connectivity index (χ1v) is 7.94. The zero-order valence-corrected chi connectivity index (χ0v) is 13.1. The summed E-state index contributed by atoms with van der Waals surface area (Å²) in [5, 5.41) is 10.7. The van der Waals surface area contributed by atoms with Crippen molar-refractivity contribution in [3.8, 4) is 0 Å². The second-order valence-electron chi connectivity index (χ2n) is 5.43. The Labute approximate surface area is 134 Å². The molecule has 0 saturated heterocycles. The predicted octanol–water partition coefficient (Wildman–Crippen LogP) is 3.24. The Balaban J connectivity index is 1.47. The minimum atomic E-state index is -0.219. The molecule has 22 heavy (non-hydrogen) atoms. The Morgan fingerprint density at radius 2 is 2.00 bits per heavy atom. The van der Waals surface area contributed by atoms with E-state index < -0.39 is 0 Å². The molecule has 2 N–H and O–H groups in total. The van der Waals surface area contributed by atoms with E-state index in [2.05, 4.69) is 15.7 Å². The number of urea groups is 1. The van der Waals surface area contributed by atoms with E-state index >= 15 is 0 Å². The van der Waals surface area contributed by atoms with Crippen LogP contribution < -0.4 is 10.6 Å². The predicted molar refractivity (Wildman–Crippen MR) is 87.3 cm³/mol. The highest BCUT2D eigenvalue weighted by molar-refractivity contribution is 6.30. The number of rotatable bonds is 4. The number of aromatic nitrogens is 2. The molecule has 6 heteroatoms. The molecule has 0 saturated carbocycles. The van der Waals surface area contributed by atoms with Crippen molar-refractivity contribution in [2.24, 2.45) is 0 Å². The fourth-order valence-corrected chi connectivity index (χ4v) is 2.86. The molecule has 2 amide bonds. The van der Waals surface area contributed by atoms with Crippen LogP contribution in [0.1, 0.15) is 24.1 Å². The third-order valence-electron chi connectivity index (χ3n) is 3.86. The van der Waals surface area contributed by atoms with Crippen molar-refractivity contribution in [3.05, 3.63) is 46.7 Å². The first-order valence-electron chi connectivity index (χ1n) is 7.56. The lowest BCUT2D eigenvalue weighted by molar-refractivity contribution is 0.251. The van der Waals surface area contributed by atoms with Crippen LogP contribution >= 0.6 is 11.6 Å². The monoisotopic (exact) mass is 318 g/mol. The fourth-order valence-electron chi connectivity index (χ4n) is 2.73. The van der Waals surface area contributed by atoms with Crippen molar-refractivity contribution >= 4 is 23.3 Å². The number of hydrogen-bond donors (Lipinski definition) is 2. The number of benzene rings is 1. The number of carbonyl (C=O) groups excluding carboxylic acids is 1. The largest absolute Gasteiger partial charge is 0.336 e. The fraction of sp³-hybridized carbons (Fsp3) is 0.375. The molecule has 1 aromatic carbocycles. The normalized spacial score (nSPS) is 13.5. The summed E-state index contributed by atoms with van der Waals surface area (Å²) in [7, 11) is 0. The first-order chi connectivity index (χ1) is 10.7. The highest BCUT2D eigenvalue weighted by Gasteiger charge is 2.14. The van der Waals surface area contributed by atoms with Gasteiger partial charge in [-0.3, -0.25) is 4.68 Å². The topological polar surface area (TPSA) is 59.0 Å². The maximum Gasteiger partial charge on any atom is 0.319 e. The van der Waals surface area contributed by atoms with Crippen LogP contribution in [0.3, 0.4) is 0 Å². The van der Waals surface area contributed by atoms with Crippen LogP contribution in [0.15, 0.2) is 30.5 Å². The van der Waals surface area contributed by atoms with Crippen molar-refractivity contribution < 1.29 is 4.79 Å². The summed E-state index contributed by atoms with van der Waals surface area (Å²) in [4.78, 5) is 11.8. The second-order valence-corrected chi connectivity index (χ2v) is 5.87. The number of fused-ring (bicyclic) bond motifs is 1. The van der Waals surface area contributed by atoms with E-state index in [0.29, 0.717) is 18.1 Å². The maximum atomic E-state index is 11.8. The third kappa shape index (κ3) is 3.60. The van der Waals surface area contributed by atoms with Crippen LogP contribution in [0.4, 0.5) is 10.5 Å². The molecule has 3 rings (SSSR count). The Kier molecular flexibility index (Phi) is 4.63. The Morgan fingerprint density at radius 3 is 2.82 bits per heavy atom. The van der Waals surface area contributed by atoms with Gasteiger partial charge in [0, 0.05) is 22.9 Å². The summed E-state index contributed by atoms with van der Waals surface area (Å²) < 4.78 is 2.01. The lowest BCUT2D eigenvalue weighted by atomic mass is 9.98. The van der Waals surface area contributed by atoms with E-state index in [0.717, 1.165) is 18.5 Å². The van der Waals surface area contributed by atoms with Crippen molar-refractivity contribution in [1.29, 1.82) is 0 Å². The van der Waals surface area contributed by atoms with Crippen LogP contribution in [0.2, 0.25) is 5.02 Å². The molecule has 0 atom stereocenters. The molecular formula is C16H19ClN4O. The number of nitrogens with zero attached hydrogens (tertiary/aromatic N) is 2. The average Bonchev–Trinajstić information content (AvgIpc) is 2.93. The molecule has 0 spiro atoms. The van der Waals surface area contributed by atoms with Gasteiger partial charge < -0.3 is 10.6 Å². The number of nitrogens with one attached hydrogen (secondary N) is 2. The van der Waals surface area contributed by atoms with Gasteiger partial charge in [0.15, 0.2) is 0 Å². The number of carbonyl (C=O) groups is 1. The van der Waals surface area contributed by atoms with Gasteiger partial charge in [-0.15, -0.1) is 0 Å². The molecular weight excluding hydrogens is 300 g/mol. The van der Waals surface area contributed by atoms with E-state index in [9.17, 15) is 4.79 Å². The minimum absolute atomic E-state index is 0.219. The summed E-state index contributed by atoms with van der Waals surface area (Å²) in [6.45, 7) is 1.25. The summed E-state index contributed by atoms with van der Waals surface area (Å²) in [5.74, 6) is 0. The summed E-state index contributed by atoms with van der Waals surface area (Å²) in [6, 6.07) is 6.81. The average molecular weight is 319 g/mol. The van der Waals surface area contributed by atoms with Crippen molar-refractivity contribution in [2.45, 2.75) is 32.2 Å². The summed E-state index contributed by atoms with van der Waals surface area (Å²) in [5.41, 5.74) is 3.40. The molecule has 0 bridgehead atoms. The first kappa shape index (κ1) is 14.9. The van der Waals surface area contributed by atoms with Gasteiger partial charge in [0.05, 0.1) is 12.7 Å². The van der Waals surface area contributed by atoms with Crippen molar-refractivity contribution in [1.82, 2.24) is 15.1 Å². The number of amides is 2. The molecule has 116 valence electrons. The Hall–Kier alpha value is -2.01.